The van der Waals surface area contributed by atoms with E-state index in [0.717, 1.165) is 11.2 Å². The normalized spacial score (nSPS) is 12.1. The molecule has 0 bridgehead atoms. The van der Waals surface area contributed by atoms with Crippen molar-refractivity contribution >= 4 is 39.2 Å². The van der Waals surface area contributed by atoms with Crippen molar-refractivity contribution in [1.29, 1.82) is 0 Å². The molecule has 10 nitrogen and oxygen atoms in total. The van der Waals surface area contributed by atoms with Gasteiger partial charge in [-0.3, -0.25) is 4.79 Å². The first-order valence-electron chi connectivity index (χ1n) is 9.41. The summed E-state index contributed by atoms with van der Waals surface area (Å²) in [5.41, 5.74) is 9.50. The summed E-state index contributed by atoms with van der Waals surface area (Å²) in [5.74, 6) is -0.322. The third kappa shape index (κ3) is 3.60. The second-order valence-corrected chi connectivity index (χ2v) is 6.98. The average molecular weight is 406 g/mol. The first kappa shape index (κ1) is 19.5. The summed E-state index contributed by atoms with van der Waals surface area (Å²) < 4.78 is 6.81. The number of rotatable bonds is 6. The van der Waals surface area contributed by atoms with Crippen LogP contribution < -0.4 is 21.1 Å². The Hall–Kier alpha value is -3.79. The van der Waals surface area contributed by atoms with Crippen LogP contribution in [0, 0.1) is 0 Å². The molecule has 1 amide bonds. The monoisotopic (exact) mass is 406 g/mol. The molecule has 4 rings (SSSR count). The molecule has 2 aromatic heterocycles. The molecule has 0 saturated carbocycles. The van der Waals surface area contributed by atoms with Gasteiger partial charge in [-0.15, -0.1) is 5.10 Å². The largest absolute Gasteiger partial charge is 0.467 e. The maximum absolute atomic E-state index is 13.1. The molecule has 1 atom stereocenters. The number of methoxy groups -OCH3 is 1. The van der Waals surface area contributed by atoms with Crippen LogP contribution in [0.2, 0.25) is 0 Å². The molecule has 0 radical (unpaired) electrons. The standard InChI is InChI=1S/C20H22N8O2/c1-11(21)9-22-14-8-7-12(17-13(14)10-23-20(25-17)30-3)19(29)24-15-5-4-6-16-18(15)26-27-28(16)2/h4-8,10-11,22H,9,21H2,1-3H3,(H,24,29)/t11-/m1/s1. The van der Waals surface area contributed by atoms with Crippen LogP contribution in [0.1, 0.15) is 17.3 Å². The molecular formula is C20H22N8O2. The highest BCUT2D eigenvalue weighted by molar-refractivity contribution is 6.15. The van der Waals surface area contributed by atoms with Gasteiger partial charge >= 0.3 is 6.01 Å². The van der Waals surface area contributed by atoms with E-state index in [-0.39, 0.29) is 18.0 Å². The molecule has 0 aliphatic heterocycles. The van der Waals surface area contributed by atoms with E-state index in [1.807, 2.05) is 25.1 Å². The molecule has 10 heteroatoms. The summed E-state index contributed by atoms with van der Waals surface area (Å²) in [4.78, 5) is 21.7. The van der Waals surface area contributed by atoms with Gasteiger partial charge in [0.1, 0.15) is 5.52 Å². The second-order valence-electron chi connectivity index (χ2n) is 6.98. The molecule has 0 unspecified atom stereocenters. The average Bonchev–Trinajstić information content (AvgIpc) is 3.13. The number of benzene rings is 2. The van der Waals surface area contributed by atoms with Crippen molar-refractivity contribution in [2.24, 2.45) is 12.8 Å². The lowest BCUT2D eigenvalue weighted by Crippen LogP contribution is -2.25. The van der Waals surface area contributed by atoms with Crippen molar-refractivity contribution < 1.29 is 9.53 Å². The third-order valence-electron chi connectivity index (χ3n) is 4.66. The number of aromatic nitrogens is 5. The SMILES string of the molecule is COc1ncc2c(NC[C@@H](C)N)ccc(C(=O)Nc3cccc4c3nnn4C)c2n1. The van der Waals surface area contributed by atoms with Gasteiger partial charge in [0, 0.05) is 36.9 Å². The molecule has 4 aromatic rings. The number of carbonyl (C=O) groups is 1. The molecule has 4 N–H and O–H groups in total. The number of nitrogens with one attached hydrogen (secondary N) is 2. The van der Waals surface area contributed by atoms with Gasteiger partial charge in [0.25, 0.3) is 5.91 Å². The summed E-state index contributed by atoms with van der Waals surface area (Å²) in [6.45, 7) is 2.48. The maximum Gasteiger partial charge on any atom is 0.316 e. The number of carbonyl (C=O) groups excluding carboxylic acids is 1. The predicted molar refractivity (Wildman–Crippen MR) is 115 cm³/mol. The van der Waals surface area contributed by atoms with Gasteiger partial charge in [-0.1, -0.05) is 11.3 Å². The second kappa shape index (κ2) is 7.91. The van der Waals surface area contributed by atoms with Crippen LogP contribution in [0.25, 0.3) is 21.9 Å². The lowest BCUT2D eigenvalue weighted by molar-refractivity contribution is 0.102. The highest BCUT2D eigenvalue weighted by Gasteiger charge is 2.17. The highest BCUT2D eigenvalue weighted by atomic mass is 16.5. The molecule has 0 fully saturated rings. The smallest absolute Gasteiger partial charge is 0.316 e. The third-order valence-corrected chi connectivity index (χ3v) is 4.66. The van der Waals surface area contributed by atoms with Gasteiger partial charge in [0.05, 0.1) is 29.4 Å². The van der Waals surface area contributed by atoms with Crippen molar-refractivity contribution in [3.8, 4) is 6.01 Å². The molecule has 2 heterocycles. The summed E-state index contributed by atoms with van der Waals surface area (Å²) in [5, 5.41) is 15.0. The number of anilines is 2. The summed E-state index contributed by atoms with van der Waals surface area (Å²) in [7, 11) is 3.28. The number of fused-ring (bicyclic) bond motifs is 2. The van der Waals surface area contributed by atoms with E-state index in [2.05, 4.69) is 30.9 Å². The molecule has 0 spiro atoms. The van der Waals surface area contributed by atoms with Crippen molar-refractivity contribution in [3.63, 3.8) is 0 Å². The number of ether oxygens (including phenoxy) is 1. The quantitative estimate of drug-likeness (QED) is 0.442. The Morgan fingerprint density at radius 1 is 1.23 bits per heavy atom. The van der Waals surface area contributed by atoms with E-state index in [4.69, 9.17) is 10.5 Å². The van der Waals surface area contributed by atoms with Gasteiger partial charge in [0.15, 0.2) is 0 Å². The summed E-state index contributed by atoms with van der Waals surface area (Å²) in [6, 6.07) is 9.18. The number of hydrogen-bond acceptors (Lipinski definition) is 8. The van der Waals surface area contributed by atoms with E-state index in [1.165, 1.54) is 7.11 Å². The highest BCUT2D eigenvalue weighted by Crippen LogP contribution is 2.28. The minimum Gasteiger partial charge on any atom is -0.467 e. The Labute approximate surface area is 172 Å². The van der Waals surface area contributed by atoms with Crippen molar-refractivity contribution in [3.05, 3.63) is 42.1 Å². The Balaban J connectivity index is 1.75. The molecule has 0 saturated heterocycles. The maximum atomic E-state index is 13.1. The van der Waals surface area contributed by atoms with E-state index < -0.39 is 0 Å². The van der Waals surface area contributed by atoms with Gasteiger partial charge in [-0.05, 0) is 31.2 Å². The van der Waals surface area contributed by atoms with Gasteiger partial charge in [-0.2, -0.15) is 4.98 Å². The number of nitrogens with zero attached hydrogens (tertiary/aromatic N) is 5. The van der Waals surface area contributed by atoms with Crippen LogP contribution in [0.4, 0.5) is 11.4 Å². The lowest BCUT2D eigenvalue weighted by atomic mass is 10.1. The van der Waals surface area contributed by atoms with Gasteiger partial charge in [-0.25, -0.2) is 9.67 Å². The van der Waals surface area contributed by atoms with Crippen LogP contribution in [-0.4, -0.2) is 50.6 Å². The summed E-state index contributed by atoms with van der Waals surface area (Å²) >= 11 is 0. The molecule has 30 heavy (non-hydrogen) atoms. The minimum atomic E-state index is -0.322. The Bertz CT molecular complexity index is 1230. The van der Waals surface area contributed by atoms with E-state index >= 15 is 0 Å². The summed E-state index contributed by atoms with van der Waals surface area (Å²) in [6.07, 6.45) is 1.63. The Morgan fingerprint density at radius 3 is 2.83 bits per heavy atom. The number of amides is 1. The van der Waals surface area contributed by atoms with Crippen LogP contribution in [0.5, 0.6) is 6.01 Å². The molecule has 0 aliphatic carbocycles. The molecule has 154 valence electrons. The lowest BCUT2D eigenvalue weighted by Gasteiger charge is -2.14. The van der Waals surface area contributed by atoms with E-state index in [9.17, 15) is 4.79 Å². The fourth-order valence-corrected chi connectivity index (χ4v) is 3.16. The van der Waals surface area contributed by atoms with Crippen LogP contribution in [0.3, 0.4) is 0 Å². The van der Waals surface area contributed by atoms with E-state index in [1.54, 1.807) is 30.1 Å². The first-order valence-corrected chi connectivity index (χ1v) is 9.41. The van der Waals surface area contributed by atoms with Crippen molar-refractivity contribution in [1.82, 2.24) is 25.0 Å². The van der Waals surface area contributed by atoms with Crippen LogP contribution in [-0.2, 0) is 7.05 Å². The molecule has 2 aromatic carbocycles. The number of hydrogen-bond donors (Lipinski definition) is 3. The van der Waals surface area contributed by atoms with Crippen LogP contribution in [0.15, 0.2) is 36.5 Å². The fraction of sp³-hybridized carbons (Fsp3) is 0.250. The van der Waals surface area contributed by atoms with Crippen molar-refractivity contribution in [2.45, 2.75) is 13.0 Å². The van der Waals surface area contributed by atoms with Crippen molar-refractivity contribution in [2.75, 3.05) is 24.3 Å². The minimum absolute atomic E-state index is 0.0327. The zero-order valence-corrected chi connectivity index (χ0v) is 16.9. The first-order chi connectivity index (χ1) is 14.5. The van der Waals surface area contributed by atoms with E-state index in [0.29, 0.717) is 34.2 Å². The fourth-order valence-electron chi connectivity index (χ4n) is 3.16. The number of aryl methyl sites for hydroxylation is 1. The molecular weight excluding hydrogens is 384 g/mol. The predicted octanol–water partition coefficient (Wildman–Crippen LogP) is 1.93. The topological polar surface area (TPSA) is 133 Å². The Morgan fingerprint density at radius 2 is 2.07 bits per heavy atom. The van der Waals surface area contributed by atoms with Gasteiger partial charge < -0.3 is 21.1 Å². The molecule has 0 aliphatic rings. The zero-order valence-electron chi connectivity index (χ0n) is 16.9. The zero-order chi connectivity index (χ0) is 21.3. The number of nitrogens with two attached hydrogens (primary N) is 1. The van der Waals surface area contributed by atoms with Gasteiger partial charge in [0.2, 0.25) is 0 Å². The van der Waals surface area contributed by atoms with Crippen LogP contribution >= 0.6 is 0 Å². The Kier molecular flexibility index (Phi) is 5.15.